The summed E-state index contributed by atoms with van der Waals surface area (Å²) in [7, 11) is 1.16. The number of halogens is 3. The number of nitrogens with one attached hydrogen (secondary N) is 1. The molecule has 2 N–H and O–H groups in total. The highest BCUT2D eigenvalue weighted by Gasteiger charge is 2.36. The average Bonchev–Trinajstić information content (AvgIpc) is 2.53. The second-order valence-electron chi connectivity index (χ2n) is 4.97. The van der Waals surface area contributed by atoms with Gasteiger partial charge in [0.2, 0.25) is 0 Å². The first-order chi connectivity index (χ1) is 11.3. The summed E-state index contributed by atoms with van der Waals surface area (Å²) < 4.78 is 44.2. The zero-order chi connectivity index (χ0) is 17.7. The minimum Gasteiger partial charge on any atom is -0.506 e. The van der Waals surface area contributed by atoms with Crippen LogP contribution >= 0.6 is 0 Å². The zero-order valence-corrected chi connectivity index (χ0v) is 12.7. The van der Waals surface area contributed by atoms with Crippen LogP contribution in [0, 0.1) is 0 Å². The van der Waals surface area contributed by atoms with Crippen LogP contribution in [0.4, 0.5) is 13.2 Å². The molecule has 0 aliphatic carbocycles. The highest BCUT2D eigenvalue weighted by Crippen LogP contribution is 2.35. The highest BCUT2D eigenvalue weighted by molar-refractivity contribution is 5.82. The summed E-state index contributed by atoms with van der Waals surface area (Å²) in [4.78, 5) is 16.0. The number of carbonyl (C=O) groups excluding carboxylic acids is 1. The Morgan fingerprint density at radius 2 is 2.04 bits per heavy atom. The Labute approximate surface area is 136 Å². The minimum atomic E-state index is -4.59. The van der Waals surface area contributed by atoms with Crippen LogP contribution in [0.2, 0.25) is 0 Å². The van der Waals surface area contributed by atoms with Gasteiger partial charge in [0.1, 0.15) is 5.75 Å². The summed E-state index contributed by atoms with van der Waals surface area (Å²) >= 11 is 0. The van der Waals surface area contributed by atoms with Crippen molar-refractivity contribution in [1.29, 1.82) is 0 Å². The third kappa shape index (κ3) is 4.23. The normalized spacial score (nSPS) is 12.7. The Morgan fingerprint density at radius 3 is 2.67 bits per heavy atom. The molecule has 0 radical (unpaired) electrons. The maximum absolute atomic E-state index is 13.1. The molecule has 1 unspecified atom stereocenters. The average molecular weight is 340 g/mol. The first kappa shape index (κ1) is 17.7. The number of hydrogen-bond acceptors (Lipinski definition) is 4. The molecule has 1 amide bonds. The van der Waals surface area contributed by atoms with Gasteiger partial charge < -0.3 is 15.2 Å². The van der Waals surface area contributed by atoms with Crippen molar-refractivity contribution >= 4 is 5.91 Å². The quantitative estimate of drug-likeness (QED) is 0.878. The molecule has 5 nitrogen and oxygen atoms in total. The highest BCUT2D eigenvalue weighted by atomic mass is 19.4. The lowest BCUT2D eigenvalue weighted by molar-refractivity contribution is -0.141. The number of aromatic nitrogens is 1. The number of amides is 1. The van der Waals surface area contributed by atoms with Gasteiger partial charge in [-0.25, -0.2) is 0 Å². The number of pyridine rings is 1. The Balaban J connectivity index is 2.18. The van der Waals surface area contributed by atoms with E-state index in [0.29, 0.717) is 5.56 Å². The molecule has 1 aromatic carbocycles. The fraction of sp³-hybridized carbons (Fsp3) is 0.250. The predicted molar refractivity (Wildman–Crippen MR) is 78.9 cm³/mol. The van der Waals surface area contributed by atoms with Crippen molar-refractivity contribution in [3.8, 4) is 5.75 Å². The number of benzene rings is 1. The van der Waals surface area contributed by atoms with E-state index in [0.717, 1.165) is 13.2 Å². The van der Waals surface area contributed by atoms with E-state index in [1.54, 1.807) is 0 Å². The van der Waals surface area contributed by atoms with Crippen LogP contribution in [-0.2, 0) is 22.3 Å². The standard InChI is InChI=1S/C16H15F3N2O3/c1-24-14(12-4-2-3-5-13(12)16(17,18)19)15(23)21-8-10-6-11(22)9-20-7-10/h2-7,9,14,22H,8H2,1H3,(H,21,23). The maximum Gasteiger partial charge on any atom is 0.416 e. The lowest BCUT2D eigenvalue weighted by Crippen LogP contribution is -2.31. The molecule has 1 aromatic heterocycles. The van der Waals surface area contributed by atoms with Crippen LogP contribution in [0.25, 0.3) is 0 Å². The number of aromatic hydroxyl groups is 1. The zero-order valence-electron chi connectivity index (χ0n) is 12.7. The molecule has 128 valence electrons. The van der Waals surface area contributed by atoms with Gasteiger partial charge in [0.25, 0.3) is 5.91 Å². The molecule has 2 aromatic rings. The topological polar surface area (TPSA) is 71.5 Å². The van der Waals surface area contributed by atoms with Gasteiger partial charge in [-0.1, -0.05) is 18.2 Å². The summed E-state index contributed by atoms with van der Waals surface area (Å²) in [5, 5.41) is 11.8. The smallest absolute Gasteiger partial charge is 0.416 e. The second-order valence-corrected chi connectivity index (χ2v) is 4.97. The van der Waals surface area contributed by atoms with Crippen molar-refractivity contribution in [2.24, 2.45) is 0 Å². The van der Waals surface area contributed by atoms with E-state index >= 15 is 0 Å². The first-order valence-corrected chi connectivity index (χ1v) is 6.92. The SMILES string of the molecule is COC(C(=O)NCc1cncc(O)c1)c1ccccc1C(F)(F)F. The Morgan fingerprint density at radius 1 is 1.33 bits per heavy atom. The molecular weight excluding hydrogens is 325 g/mol. The Hall–Kier alpha value is -2.61. The van der Waals surface area contributed by atoms with Gasteiger partial charge in [-0.05, 0) is 17.7 Å². The third-order valence-corrected chi connectivity index (χ3v) is 3.27. The van der Waals surface area contributed by atoms with Gasteiger partial charge in [-0.2, -0.15) is 13.2 Å². The minimum absolute atomic E-state index is 0.00568. The van der Waals surface area contributed by atoms with Crippen LogP contribution in [0.15, 0.2) is 42.7 Å². The Bertz CT molecular complexity index is 720. The fourth-order valence-electron chi connectivity index (χ4n) is 2.21. The van der Waals surface area contributed by atoms with Gasteiger partial charge >= 0.3 is 6.18 Å². The van der Waals surface area contributed by atoms with Crippen molar-refractivity contribution in [2.45, 2.75) is 18.8 Å². The van der Waals surface area contributed by atoms with Crippen LogP contribution in [0.1, 0.15) is 22.8 Å². The molecule has 0 aliphatic rings. The van der Waals surface area contributed by atoms with Gasteiger partial charge in [0.05, 0.1) is 11.8 Å². The molecule has 24 heavy (non-hydrogen) atoms. The predicted octanol–water partition coefficient (Wildman–Crippen LogP) is 2.81. The lowest BCUT2D eigenvalue weighted by Gasteiger charge is -2.20. The molecule has 1 atom stereocenters. The van der Waals surface area contributed by atoms with E-state index in [1.165, 1.54) is 36.7 Å². The van der Waals surface area contributed by atoms with Gasteiger partial charge in [0.15, 0.2) is 6.10 Å². The number of methoxy groups -OCH3 is 1. The monoisotopic (exact) mass is 340 g/mol. The van der Waals surface area contributed by atoms with Crippen molar-refractivity contribution in [1.82, 2.24) is 10.3 Å². The van der Waals surface area contributed by atoms with Crippen molar-refractivity contribution in [3.05, 3.63) is 59.4 Å². The third-order valence-electron chi connectivity index (χ3n) is 3.27. The van der Waals surface area contributed by atoms with Gasteiger partial charge in [-0.3, -0.25) is 9.78 Å². The number of nitrogens with zero attached hydrogens (tertiary/aromatic N) is 1. The number of ether oxygens (including phenoxy) is 1. The summed E-state index contributed by atoms with van der Waals surface area (Å²) in [6.45, 7) is -0.00568. The first-order valence-electron chi connectivity index (χ1n) is 6.92. The van der Waals surface area contributed by atoms with Crippen LogP contribution in [-0.4, -0.2) is 23.1 Å². The molecule has 1 heterocycles. The lowest BCUT2D eigenvalue weighted by atomic mass is 10.0. The van der Waals surface area contributed by atoms with E-state index in [-0.39, 0.29) is 17.9 Å². The van der Waals surface area contributed by atoms with E-state index in [9.17, 15) is 23.1 Å². The van der Waals surface area contributed by atoms with Gasteiger partial charge in [0, 0.05) is 25.4 Å². The molecule has 0 spiro atoms. The Kier molecular flexibility index (Phi) is 5.40. The molecule has 8 heteroatoms. The van der Waals surface area contributed by atoms with E-state index in [2.05, 4.69) is 10.3 Å². The van der Waals surface area contributed by atoms with E-state index in [1.807, 2.05) is 0 Å². The summed E-state index contributed by atoms with van der Waals surface area (Å²) in [5.41, 5.74) is -0.688. The summed E-state index contributed by atoms with van der Waals surface area (Å²) in [6.07, 6.45) is -3.36. The molecule has 0 saturated carbocycles. The molecule has 0 bridgehead atoms. The summed E-state index contributed by atoms with van der Waals surface area (Å²) in [5.74, 6) is -0.801. The summed E-state index contributed by atoms with van der Waals surface area (Å²) in [6, 6.07) is 6.14. The van der Waals surface area contributed by atoms with Crippen LogP contribution in [0.3, 0.4) is 0 Å². The van der Waals surface area contributed by atoms with Crippen LogP contribution in [0.5, 0.6) is 5.75 Å². The number of hydrogen-bond donors (Lipinski definition) is 2. The molecule has 0 fully saturated rings. The van der Waals surface area contributed by atoms with Gasteiger partial charge in [-0.15, -0.1) is 0 Å². The molecule has 2 rings (SSSR count). The van der Waals surface area contributed by atoms with Crippen LogP contribution < -0.4 is 5.32 Å². The van der Waals surface area contributed by atoms with Crippen molar-refractivity contribution in [2.75, 3.05) is 7.11 Å². The second kappa shape index (κ2) is 7.31. The van der Waals surface area contributed by atoms with E-state index in [4.69, 9.17) is 4.74 Å². The fourth-order valence-corrected chi connectivity index (χ4v) is 2.21. The molecule has 0 aliphatic heterocycles. The van der Waals surface area contributed by atoms with Crippen molar-refractivity contribution < 1.29 is 27.8 Å². The molecule has 0 saturated heterocycles. The number of alkyl halides is 3. The number of carbonyl (C=O) groups is 1. The molecular formula is C16H15F3N2O3. The number of rotatable bonds is 5. The van der Waals surface area contributed by atoms with Crippen molar-refractivity contribution in [3.63, 3.8) is 0 Å². The maximum atomic E-state index is 13.1. The largest absolute Gasteiger partial charge is 0.506 e. The van der Waals surface area contributed by atoms with E-state index < -0.39 is 23.8 Å².